The van der Waals surface area contributed by atoms with Crippen molar-refractivity contribution in [3.05, 3.63) is 0 Å². The van der Waals surface area contributed by atoms with Crippen LogP contribution in [0.3, 0.4) is 0 Å². The second kappa shape index (κ2) is 7.24. The quantitative estimate of drug-likeness (QED) is 0.493. The van der Waals surface area contributed by atoms with Gasteiger partial charge in [-0.3, -0.25) is 0 Å². The fraction of sp³-hybridized carbons (Fsp3) is 1.00. The monoisotopic (exact) mass is 214 g/mol. The highest BCUT2D eigenvalue weighted by Gasteiger charge is 2.32. The molecular formula is C13H26O2. The van der Waals surface area contributed by atoms with E-state index in [0.29, 0.717) is 0 Å². The summed E-state index contributed by atoms with van der Waals surface area (Å²) < 4.78 is 12.0. The molecule has 0 aromatic rings. The largest absolute Gasteiger partial charge is 0.350 e. The van der Waals surface area contributed by atoms with Crippen LogP contribution in [0.4, 0.5) is 0 Å². The lowest BCUT2D eigenvalue weighted by Crippen LogP contribution is -2.36. The molecule has 0 amide bonds. The van der Waals surface area contributed by atoms with Crippen LogP contribution in [0, 0.1) is 0 Å². The van der Waals surface area contributed by atoms with Gasteiger partial charge in [-0.25, -0.2) is 0 Å². The molecule has 1 aliphatic rings. The van der Waals surface area contributed by atoms with E-state index in [2.05, 4.69) is 13.8 Å². The van der Waals surface area contributed by atoms with Gasteiger partial charge < -0.3 is 9.47 Å². The highest BCUT2D eigenvalue weighted by atomic mass is 16.7. The van der Waals surface area contributed by atoms with Gasteiger partial charge in [-0.2, -0.15) is 0 Å². The van der Waals surface area contributed by atoms with E-state index in [1.807, 2.05) is 0 Å². The zero-order valence-electron chi connectivity index (χ0n) is 10.4. The molecule has 1 fully saturated rings. The standard InChI is InChI=1S/C13H26O2/c1-3-11-14-13(15-12-4-2)9-7-5-6-8-10-13/h3-12H2,1-2H3. The molecule has 15 heavy (non-hydrogen) atoms. The Morgan fingerprint density at radius 2 is 1.27 bits per heavy atom. The van der Waals surface area contributed by atoms with Crippen molar-refractivity contribution in [1.29, 1.82) is 0 Å². The van der Waals surface area contributed by atoms with Crippen LogP contribution < -0.4 is 0 Å². The van der Waals surface area contributed by atoms with Crippen molar-refractivity contribution in [1.82, 2.24) is 0 Å². The van der Waals surface area contributed by atoms with Crippen LogP contribution in [-0.4, -0.2) is 19.0 Å². The molecule has 0 radical (unpaired) electrons. The molecule has 1 rings (SSSR count). The van der Waals surface area contributed by atoms with Gasteiger partial charge in [-0.05, 0) is 25.7 Å². The normalized spacial score (nSPS) is 21.2. The predicted molar refractivity (Wildman–Crippen MR) is 62.9 cm³/mol. The predicted octanol–water partition coefficient (Wildman–Crippen LogP) is 3.89. The average Bonchev–Trinajstić information content (AvgIpc) is 2.50. The molecule has 0 heterocycles. The first-order valence-corrected chi connectivity index (χ1v) is 6.61. The maximum absolute atomic E-state index is 5.98. The third-order valence-corrected chi connectivity index (χ3v) is 3.00. The molecule has 0 aliphatic heterocycles. The van der Waals surface area contributed by atoms with Crippen LogP contribution in [0.15, 0.2) is 0 Å². The van der Waals surface area contributed by atoms with E-state index in [9.17, 15) is 0 Å². The Bertz CT molecular complexity index is 139. The smallest absolute Gasteiger partial charge is 0.168 e. The summed E-state index contributed by atoms with van der Waals surface area (Å²) in [6.07, 6.45) is 9.54. The lowest BCUT2D eigenvalue weighted by molar-refractivity contribution is -0.244. The van der Waals surface area contributed by atoms with E-state index >= 15 is 0 Å². The lowest BCUT2D eigenvalue weighted by atomic mass is 10.1. The molecule has 0 unspecified atom stereocenters. The lowest BCUT2D eigenvalue weighted by Gasteiger charge is -2.33. The summed E-state index contributed by atoms with van der Waals surface area (Å²) in [4.78, 5) is 0. The van der Waals surface area contributed by atoms with Crippen molar-refractivity contribution in [3.8, 4) is 0 Å². The van der Waals surface area contributed by atoms with E-state index in [1.54, 1.807) is 0 Å². The van der Waals surface area contributed by atoms with E-state index in [1.165, 1.54) is 25.7 Å². The van der Waals surface area contributed by atoms with Crippen LogP contribution in [0.1, 0.15) is 65.2 Å². The highest BCUT2D eigenvalue weighted by molar-refractivity contribution is 4.74. The van der Waals surface area contributed by atoms with Gasteiger partial charge in [0, 0.05) is 26.1 Å². The second-order valence-corrected chi connectivity index (χ2v) is 4.52. The Hall–Kier alpha value is -0.0800. The Labute approximate surface area is 94.3 Å². The van der Waals surface area contributed by atoms with Crippen LogP contribution in [0.25, 0.3) is 0 Å². The van der Waals surface area contributed by atoms with Crippen molar-refractivity contribution < 1.29 is 9.47 Å². The van der Waals surface area contributed by atoms with Crippen molar-refractivity contribution in [2.75, 3.05) is 13.2 Å². The molecule has 0 aromatic heterocycles. The molecule has 2 heteroatoms. The topological polar surface area (TPSA) is 18.5 Å². The van der Waals surface area contributed by atoms with Crippen LogP contribution in [-0.2, 0) is 9.47 Å². The Morgan fingerprint density at radius 1 is 0.800 bits per heavy atom. The summed E-state index contributed by atoms with van der Waals surface area (Å²) in [5.41, 5.74) is 0. The molecule has 0 saturated heterocycles. The first kappa shape index (κ1) is 13.0. The minimum absolute atomic E-state index is 0.234. The maximum atomic E-state index is 5.98. The molecule has 90 valence electrons. The summed E-state index contributed by atoms with van der Waals surface area (Å²) in [6, 6.07) is 0. The summed E-state index contributed by atoms with van der Waals surface area (Å²) in [5, 5.41) is 0. The van der Waals surface area contributed by atoms with Gasteiger partial charge in [0.25, 0.3) is 0 Å². The molecule has 0 N–H and O–H groups in total. The Balaban J connectivity index is 2.47. The molecule has 0 spiro atoms. The summed E-state index contributed by atoms with van der Waals surface area (Å²) in [6.45, 7) is 5.99. The van der Waals surface area contributed by atoms with E-state index < -0.39 is 0 Å². The molecule has 1 aliphatic carbocycles. The first-order chi connectivity index (χ1) is 7.33. The minimum Gasteiger partial charge on any atom is -0.350 e. The molecule has 0 atom stereocenters. The minimum atomic E-state index is -0.234. The van der Waals surface area contributed by atoms with E-state index in [0.717, 1.165) is 38.9 Å². The van der Waals surface area contributed by atoms with Crippen molar-refractivity contribution >= 4 is 0 Å². The molecular weight excluding hydrogens is 188 g/mol. The summed E-state index contributed by atoms with van der Waals surface area (Å²) >= 11 is 0. The number of hydrogen-bond acceptors (Lipinski definition) is 2. The SMILES string of the molecule is CCCOC1(OCCC)CCCCCC1. The van der Waals surface area contributed by atoms with Gasteiger partial charge in [0.15, 0.2) is 5.79 Å². The molecule has 0 aromatic carbocycles. The van der Waals surface area contributed by atoms with Crippen molar-refractivity contribution in [2.45, 2.75) is 71.0 Å². The number of ether oxygens (including phenoxy) is 2. The third-order valence-electron chi connectivity index (χ3n) is 3.00. The fourth-order valence-corrected chi connectivity index (χ4v) is 2.17. The molecule has 0 bridgehead atoms. The third kappa shape index (κ3) is 4.52. The number of hydrogen-bond donors (Lipinski definition) is 0. The summed E-state index contributed by atoms with van der Waals surface area (Å²) in [7, 11) is 0. The second-order valence-electron chi connectivity index (χ2n) is 4.52. The zero-order chi connectivity index (χ0) is 11.0. The van der Waals surface area contributed by atoms with Crippen molar-refractivity contribution in [2.24, 2.45) is 0 Å². The molecule has 2 nitrogen and oxygen atoms in total. The van der Waals surface area contributed by atoms with Crippen LogP contribution in [0.5, 0.6) is 0 Å². The highest BCUT2D eigenvalue weighted by Crippen LogP contribution is 2.31. The van der Waals surface area contributed by atoms with Crippen LogP contribution >= 0.6 is 0 Å². The molecule has 1 saturated carbocycles. The Morgan fingerprint density at radius 3 is 1.67 bits per heavy atom. The van der Waals surface area contributed by atoms with Gasteiger partial charge >= 0.3 is 0 Å². The van der Waals surface area contributed by atoms with Gasteiger partial charge in [0.1, 0.15) is 0 Å². The van der Waals surface area contributed by atoms with Crippen molar-refractivity contribution in [3.63, 3.8) is 0 Å². The van der Waals surface area contributed by atoms with Gasteiger partial charge in [-0.15, -0.1) is 0 Å². The van der Waals surface area contributed by atoms with E-state index in [-0.39, 0.29) is 5.79 Å². The average molecular weight is 214 g/mol. The number of rotatable bonds is 6. The van der Waals surface area contributed by atoms with Gasteiger partial charge in [-0.1, -0.05) is 26.7 Å². The van der Waals surface area contributed by atoms with Gasteiger partial charge in [0.05, 0.1) is 0 Å². The van der Waals surface area contributed by atoms with E-state index in [4.69, 9.17) is 9.47 Å². The zero-order valence-corrected chi connectivity index (χ0v) is 10.4. The first-order valence-electron chi connectivity index (χ1n) is 6.61. The fourth-order valence-electron chi connectivity index (χ4n) is 2.17. The Kier molecular flexibility index (Phi) is 6.26. The van der Waals surface area contributed by atoms with Crippen LogP contribution in [0.2, 0.25) is 0 Å². The maximum Gasteiger partial charge on any atom is 0.168 e. The summed E-state index contributed by atoms with van der Waals surface area (Å²) in [5.74, 6) is -0.234. The van der Waals surface area contributed by atoms with Gasteiger partial charge in [0.2, 0.25) is 0 Å².